The highest BCUT2D eigenvalue weighted by Gasteiger charge is 2.30. The lowest BCUT2D eigenvalue weighted by Gasteiger charge is -2.23. The summed E-state index contributed by atoms with van der Waals surface area (Å²) in [7, 11) is -3.25. The van der Waals surface area contributed by atoms with Gasteiger partial charge in [0.05, 0.1) is 17.3 Å². The largest absolute Gasteiger partial charge is 0.381 e. The van der Waals surface area contributed by atoms with Gasteiger partial charge in [-0.15, -0.1) is 0 Å². The summed E-state index contributed by atoms with van der Waals surface area (Å²) in [5.41, 5.74) is 0. The van der Waals surface area contributed by atoms with Gasteiger partial charge in [-0.3, -0.25) is 0 Å². The Labute approximate surface area is 121 Å². The summed E-state index contributed by atoms with van der Waals surface area (Å²) in [6, 6.07) is 8.66. The predicted octanol–water partition coefficient (Wildman–Crippen LogP) is 1.86. The molecular weight excluding hydrogens is 274 g/mol. The van der Waals surface area contributed by atoms with Crippen molar-refractivity contribution in [1.29, 1.82) is 0 Å². The first-order chi connectivity index (χ1) is 9.63. The van der Waals surface area contributed by atoms with Crippen molar-refractivity contribution in [2.45, 2.75) is 30.7 Å². The first-order valence-corrected chi connectivity index (χ1v) is 8.87. The van der Waals surface area contributed by atoms with Crippen LogP contribution < -0.4 is 5.32 Å². The Balaban J connectivity index is 2.09. The molecule has 2 atom stereocenters. The molecule has 1 fully saturated rings. The monoisotopic (exact) mass is 297 g/mol. The van der Waals surface area contributed by atoms with E-state index in [4.69, 9.17) is 4.74 Å². The standard InChI is InChI=1S/C15H23NO3S/c1-2-9-16-15(13-8-10-19-11-13)12-20(17,18)14-6-4-3-5-7-14/h3-7,13,15-16H,2,8-12H2,1H3. The number of hydrogen-bond donors (Lipinski definition) is 1. The van der Waals surface area contributed by atoms with Gasteiger partial charge < -0.3 is 10.1 Å². The molecule has 0 amide bonds. The van der Waals surface area contributed by atoms with Crippen LogP contribution in [0.2, 0.25) is 0 Å². The third-order valence-corrected chi connectivity index (χ3v) is 5.48. The molecule has 5 heteroatoms. The second-order valence-corrected chi connectivity index (χ2v) is 7.31. The zero-order chi connectivity index (χ0) is 14.4. The molecule has 4 nitrogen and oxygen atoms in total. The molecule has 1 aromatic rings. The molecule has 20 heavy (non-hydrogen) atoms. The molecule has 1 aliphatic rings. The Morgan fingerprint density at radius 1 is 1.35 bits per heavy atom. The van der Waals surface area contributed by atoms with Crippen LogP contribution in [0.1, 0.15) is 19.8 Å². The molecule has 1 aromatic carbocycles. The van der Waals surface area contributed by atoms with E-state index in [9.17, 15) is 8.42 Å². The molecule has 2 unspecified atom stereocenters. The SMILES string of the molecule is CCCNC(CS(=O)(=O)c1ccccc1)C1CCOC1. The van der Waals surface area contributed by atoms with Crippen molar-refractivity contribution in [3.63, 3.8) is 0 Å². The first-order valence-electron chi connectivity index (χ1n) is 7.22. The summed E-state index contributed by atoms with van der Waals surface area (Å²) < 4.78 is 30.4. The number of rotatable bonds is 7. The van der Waals surface area contributed by atoms with E-state index >= 15 is 0 Å². The average molecular weight is 297 g/mol. The molecule has 0 aliphatic carbocycles. The summed E-state index contributed by atoms with van der Waals surface area (Å²) in [5, 5.41) is 3.38. The third-order valence-electron chi connectivity index (χ3n) is 3.69. The van der Waals surface area contributed by atoms with Crippen molar-refractivity contribution < 1.29 is 13.2 Å². The van der Waals surface area contributed by atoms with E-state index in [1.165, 1.54) is 0 Å². The van der Waals surface area contributed by atoms with Crippen LogP contribution in [0.5, 0.6) is 0 Å². The number of ether oxygens (including phenoxy) is 1. The maximum absolute atomic E-state index is 12.5. The van der Waals surface area contributed by atoms with Gasteiger partial charge in [0.2, 0.25) is 0 Å². The molecule has 0 spiro atoms. The van der Waals surface area contributed by atoms with Gasteiger partial charge in [-0.1, -0.05) is 25.1 Å². The quantitative estimate of drug-likeness (QED) is 0.835. The van der Waals surface area contributed by atoms with Crippen molar-refractivity contribution >= 4 is 9.84 Å². The molecule has 0 radical (unpaired) electrons. The zero-order valence-corrected chi connectivity index (χ0v) is 12.7. The number of benzene rings is 1. The van der Waals surface area contributed by atoms with E-state index in [1.54, 1.807) is 24.3 Å². The molecule has 1 heterocycles. The normalized spacial score (nSPS) is 20.9. The first kappa shape index (κ1) is 15.5. The highest BCUT2D eigenvalue weighted by molar-refractivity contribution is 7.91. The number of hydrogen-bond acceptors (Lipinski definition) is 4. The van der Waals surface area contributed by atoms with E-state index < -0.39 is 9.84 Å². The molecule has 2 rings (SSSR count). The van der Waals surface area contributed by atoms with Gasteiger partial charge in [-0.25, -0.2) is 8.42 Å². The highest BCUT2D eigenvalue weighted by Crippen LogP contribution is 2.21. The second kappa shape index (κ2) is 7.20. The fourth-order valence-corrected chi connectivity index (χ4v) is 4.15. The lowest BCUT2D eigenvalue weighted by atomic mass is 10.0. The van der Waals surface area contributed by atoms with Crippen LogP contribution in [0.25, 0.3) is 0 Å². The van der Waals surface area contributed by atoms with Gasteiger partial charge in [0.1, 0.15) is 0 Å². The van der Waals surface area contributed by atoms with E-state index in [2.05, 4.69) is 12.2 Å². The molecule has 1 N–H and O–H groups in total. The summed E-state index contributed by atoms with van der Waals surface area (Å²) in [6.45, 7) is 4.32. The number of nitrogens with one attached hydrogen (secondary N) is 1. The van der Waals surface area contributed by atoms with E-state index in [1.807, 2.05) is 6.07 Å². The summed E-state index contributed by atoms with van der Waals surface area (Å²) in [5.74, 6) is 0.436. The Kier molecular flexibility index (Phi) is 5.57. The second-order valence-electron chi connectivity index (χ2n) is 5.28. The summed E-state index contributed by atoms with van der Waals surface area (Å²) in [6.07, 6.45) is 1.93. The number of sulfone groups is 1. The predicted molar refractivity (Wildman–Crippen MR) is 79.5 cm³/mol. The third kappa shape index (κ3) is 4.04. The van der Waals surface area contributed by atoms with Crippen molar-refractivity contribution in [1.82, 2.24) is 5.32 Å². The molecule has 1 saturated heterocycles. The lowest BCUT2D eigenvalue weighted by molar-refractivity contribution is 0.178. The topological polar surface area (TPSA) is 55.4 Å². The van der Waals surface area contributed by atoms with Crippen LogP contribution >= 0.6 is 0 Å². The average Bonchev–Trinajstić information content (AvgIpc) is 2.98. The van der Waals surface area contributed by atoms with Crippen molar-refractivity contribution in [2.75, 3.05) is 25.5 Å². The zero-order valence-electron chi connectivity index (χ0n) is 11.9. The van der Waals surface area contributed by atoms with Crippen molar-refractivity contribution in [2.24, 2.45) is 5.92 Å². The molecule has 0 aromatic heterocycles. The Morgan fingerprint density at radius 3 is 2.70 bits per heavy atom. The highest BCUT2D eigenvalue weighted by atomic mass is 32.2. The van der Waals surface area contributed by atoms with Crippen LogP contribution in [-0.2, 0) is 14.6 Å². The van der Waals surface area contributed by atoms with Crippen molar-refractivity contribution in [3.05, 3.63) is 30.3 Å². The maximum Gasteiger partial charge on any atom is 0.179 e. The minimum Gasteiger partial charge on any atom is -0.381 e. The minimum atomic E-state index is -3.25. The fraction of sp³-hybridized carbons (Fsp3) is 0.600. The molecule has 0 saturated carbocycles. The van der Waals surface area contributed by atoms with Crippen LogP contribution in [0.15, 0.2) is 35.2 Å². The van der Waals surface area contributed by atoms with Crippen LogP contribution in [0, 0.1) is 5.92 Å². The van der Waals surface area contributed by atoms with Gasteiger partial charge in [-0.05, 0) is 31.5 Å². The Bertz CT molecular complexity index is 495. The molecular formula is C15H23NO3S. The smallest absolute Gasteiger partial charge is 0.179 e. The van der Waals surface area contributed by atoms with E-state index in [0.29, 0.717) is 17.4 Å². The van der Waals surface area contributed by atoms with Crippen LogP contribution in [0.3, 0.4) is 0 Å². The fourth-order valence-electron chi connectivity index (χ4n) is 2.52. The molecule has 1 aliphatic heterocycles. The van der Waals surface area contributed by atoms with Gasteiger partial charge in [0.25, 0.3) is 0 Å². The van der Waals surface area contributed by atoms with E-state index in [-0.39, 0.29) is 11.8 Å². The minimum absolute atomic E-state index is 0.0253. The molecule has 112 valence electrons. The van der Waals surface area contributed by atoms with Gasteiger partial charge in [-0.2, -0.15) is 0 Å². The van der Waals surface area contributed by atoms with Crippen LogP contribution in [0.4, 0.5) is 0 Å². The van der Waals surface area contributed by atoms with Gasteiger partial charge in [0, 0.05) is 18.6 Å². The maximum atomic E-state index is 12.5. The van der Waals surface area contributed by atoms with Gasteiger partial charge >= 0.3 is 0 Å². The molecule has 0 bridgehead atoms. The lowest BCUT2D eigenvalue weighted by Crippen LogP contribution is -2.42. The summed E-state index contributed by atoms with van der Waals surface area (Å²) >= 11 is 0. The van der Waals surface area contributed by atoms with Gasteiger partial charge in [0.15, 0.2) is 9.84 Å². The Hall–Kier alpha value is -0.910. The van der Waals surface area contributed by atoms with E-state index in [0.717, 1.165) is 26.0 Å². The Morgan fingerprint density at radius 2 is 2.10 bits per heavy atom. The van der Waals surface area contributed by atoms with Crippen LogP contribution in [-0.4, -0.2) is 40.0 Å². The van der Waals surface area contributed by atoms with Crippen molar-refractivity contribution in [3.8, 4) is 0 Å². The summed E-state index contributed by atoms with van der Waals surface area (Å²) in [4.78, 5) is 0.405.